The first-order valence-electron chi connectivity index (χ1n) is 8.74. The summed E-state index contributed by atoms with van der Waals surface area (Å²) in [5.41, 5.74) is 3.03. The van der Waals surface area contributed by atoms with Crippen molar-refractivity contribution in [1.82, 2.24) is 14.9 Å². The van der Waals surface area contributed by atoms with Crippen molar-refractivity contribution < 1.29 is 15.0 Å². The van der Waals surface area contributed by atoms with E-state index in [0.717, 1.165) is 11.1 Å². The molecular weight excluding hydrogens is 342 g/mol. The molecule has 3 aromatic rings. The average Bonchev–Trinajstić information content (AvgIpc) is 2.74. The van der Waals surface area contributed by atoms with Gasteiger partial charge >= 0.3 is 0 Å². The largest absolute Gasteiger partial charge is 0.395 e. The minimum atomic E-state index is -0.423. The minimum absolute atomic E-state index is 0.0390. The van der Waals surface area contributed by atoms with Crippen LogP contribution >= 0.6 is 0 Å². The third kappa shape index (κ3) is 4.55. The van der Waals surface area contributed by atoms with Crippen LogP contribution in [0, 0.1) is 0 Å². The average molecular weight is 363 g/mol. The van der Waals surface area contributed by atoms with Crippen molar-refractivity contribution in [3.05, 3.63) is 72.6 Å². The lowest BCUT2D eigenvalue weighted by atomic mass is 10.1. The molecule has 0 radical (unpaired) electrons. The molecule has 2 aromatic carbocycles. The van der Waals surface area contributed by atoms with Gasteiger partial charge in [-0.15, -0.1) is 0 Å². The number of aliphatic hydroxyl groups excluding tert-OH is 2. The van der Waals surface area contributed by atoms with Crippen molar-refractivity contribution in [2.75, 3.05) is 26.3 Å². The van der Waals surface area contributed by atoms with Crippen molar-refractivity contribution in [3.8, 4) is 22.5 Å². The number of hydrogen-bond acceptors (Lipinski definition) is 5. The van der Waals surface area contributed by atoms with Gasteiger partial charge in [-0.25, -0.2) is 9.97 Å². The summed E-state index contributed by atoms with van der Waals surface area (Å²) >= 11 is 0. The summed E-state index contributed by atoms with van der Waals surface area (Å²) in [6, 6.07) is 21.0. The molecule has 6 nitrogen and oxygen atoms in total. The Morgan fingerprint density at radius 1 is 0.778 bits per heavy atom. The number of nitrogens with zero attached hydrogens (tertiary/aromatic N) is 3. The highest BCUT2D eigenvalue weighted by Gasteiger charge is 2.20. The molecule has 0 aliphatic carbocycles. The van der Waals surface area contributed by atoms with Crippen LogP contribution in [0.4, 0.5) is 0 Å². The van der Waals surface area contributed by atoms with Crippen molar-refractivity contribution >= 4 is 5.91 Å². The van der Waals surface area contributed by atoms with Gasteiger partial charge in [0.05, 0.1) is 24.6 Å². The molecule has 0 aliphatic rings. The van der Waals surface area contributed by atoms with Crippen molar-refractivity contribution in [1.29, 1.82) is 0 Å². The van der Waals surface area contributed by atoms with Gasteiger partial charge in [0, 0.05) is 24.2 Å². The molecule has 1 aromatic heterocycles. The molecule has 0 atom stereocenters. The zero-order chi connectivity index (χ0) is 19.1. The van der Waals surface area contributed by atoms with E-state index in [-0.39, 0.29) is 32.1 Å². The fraction of sp³-hybridized carbons (Fsp3) is 0.190. The first-order valence-corrected chi connectivity index (χ1v) is 8.74. The summed E-state index contributed by atoms with van der Waals surface area (Å²) in [7, 11) is 0. The molecule has 3 rings (SSSR count). The summed E-state index contributed by atoms with van der Waals surface area (Å²) < 4.78 is 0. The number of hydrogen-bond donors (Lipinski definition) is 2. The van der Waals surface area contributed by atoms with Gasteiger partial charge in [-0.2, -0.15) is 0 Å². The van der Waals surface area contributed by atoms with Gasteiger partial charge < -0.3 is 15.1 Å². The van der Waals surface area contributed by atoms with E-state index in [2.05, 4.69) is 9.97 Å². The smallest absolute Gasteiger partial charge is 0.291 e. The fourth-order valence-electron chi connectivity index (χ4n) is 2.75. The van der Waals surface area contributed by atoms with Crippen LogP contribution in [0.2, 0.25) is 0 Å². The Balaban J connectivity index is 2.08. The molecule has 0 aliphatic heterocycles. The Morgan fingerprint density at radius 3 is 1.63 bits per heavy atom. The second kappa shape index (κ2) is 9.02. The molecule has 0 fully saturated rings. The van der Waals surface area contributed by atoms with E-state index >= 15 is 0 Å². The van der Waals surface area contributed by atoms with Crippen LogP contribution in [0.1, 0.15) is 10.6 Å². The lowest BCUT2D eigenvalue weighted by molar-refractivity contribution is 0.0673. The molecule has 0 saturated carbocycles. The molecule has 0 unspecified atom stereocenters. The monoisotopic (exact) mass is 363 g/mol. The summed E-state index contributed by atoms with van der Waals surface area (Å²) in [6.07, 6.45) is 0. The molecule has 0 bridgehead atoms. The second-order valence-electron chi connectivity index (χ2n) is 5.93. The van der Waals surface area contributed by atoms with Crippen molar-refractivity contribution in [2.45, 2.75) is 0 Å². The number of amides is 1. The maximum atomic E-state index is 12.9. The highest BCUT2D eigenvalue weighted by atomic mass is 16.3. The molecule has 0 spiro atoms. The molecule has 1 amide bonds. The minimum Gasteiger partial charge on any atom is -0.395 e. The van der Waals surface area contributed by atoms with Gasteiger partial charge in [-0.1, -0.05) is 60.7 Å². The lowest BCUT2D eigenvalue weighted by Crippen LogP contribution is -2.37. The summed E-state index contributed by atoms with van der Waals surface area (Å²) in [4.78, 5) is 23.1. The van der Waals surface area contributed by atoms with Crippen LogP contribution < -0.4 is 0 Å². The molecule has 0 saturated heterocycles. The first kappa shape index (κ1) is 18.7. The molecule has 6 heteroatoms. The predicted molar refractivity (Wildman–Crippen MR) is 103 cm³/mol. The Hall–Kier alpha value is -3.09. The highest BCUT2D eigenvalue weighted by Crippen LogP contribution is 2.24. The van der Waals surface area contributed by atoms with E-state index in [9.17, 15) is 15.0 Å². The number of rotatable bonds is 7. The van der Waals surface area contributed by atoms with E-state index in [4.69, 9.17) is 0 Å². The maximum Gasteiger partial charge on any atom is 0.291 e. The number of benzene rings is 2. The zero-order valence-electron chi connectivity index (χ0n) is 14.8. The van der Waals surface area contributed by atoms with Crippen LogP contribution in [0.15, 0.2) is 66.7 Å². The third-order valence-corrected chi connectivity index (χ3v) is 4.08. The molecule has 138 valence electrons. The summed E-state index contributed by atoms with van der Waals surface area (Å²) in [6.45, 7) is -0.177. The van der Waals surface area contributed by atoms with Crippen LogP contribution in [0.25, 0.3) is 22.5 Å². The van der Waals surface area contributed by atoms with Gasteiger partial charge in [0.2, 0.25) is 5.82 Å². The Bertz CT molecular complexity index is 822. The molecule has 27 heavy (non-hydrogen) atoms. The van der Waals surface area contributed by atoms with Gasteiger partial charge in [0.25, 0.3) is 5.91 Å². The van der Waals surface area contributed by atoms with E-state index < -0.39 is 5.91 Å². The molecule has 2 N–H and O–H groups in total. The standard InChI is InChI=1S/C21H21N3O3/c25-13-11-24(12-14-26)21(27)20-22-18(16-7-3-1-4-8-16)15-19(23-20)17-9-5-2-6-10-17/h1-10,15,25-26H,11-14H2. The Morgan fingerprint density at radius 2 is 1.22 bits per heavy atom. The highest BCUT2D eigenvalue weighted by molar-refractivity contribution is 5.91. The fourth-order valence-corrected chi connectivity index (χ4v) is 2.75. The molecule has 1 heterocycles. The lowest BCUT2D eigenvalue weighted by Gasteiger charge is -2.20. The van der Waals surface area contributed by atoms with Gasteiger partial charge in [-0.05, 0) is 6.07 Å². The van der Waals surface area contributed by atoms with Gasteiger partial charge in [0.15, 0.2) is 0 Å². The SMILES string of the molecule is O=C(c1nc(-c2ccccc2)cc(-c2ccccc2)n1)N(CCO)CCO. The first-order chi connectivity index (χ1) is 13.2. The predicted octanol–water partition coefficient (Wildman–Crippen LogP) is 2.24. The van der Waals surface area contributed by atoms with Crippen molar-refractivity contribution in [2.24, 2.45) is 0 Å². The second-order valence-corrected chi connectivity index (χ2v) is 5.93. The number of aliphatic hydroxyl groups is 2. The third-order valence-electron chi connectivity index (χ3n) is 4.08. The van der Waals surface area contributed by atoms with E-state index in [1.165, 1.54) is 4.90 Å². The van der Waals surface area contributed by atoms with Crippen LogP contribution in [-0.4, -0.2) is 57.3 Å². The number of aromatic nitrogens is 2. The maximum absolute atomic E-state index is 12.9. The molecular formula is C21H21N3O3. The normalized spacial score (nSPS) is 10.6. The van der Waals surface area contributed by atoms with Gasteiger partial charge in [0.1, 0.15) is 0 Å². The number of carbonyl (C=O) groups excluding carboxylic acids is 1. The number of carbonyl (C=O) groups is 1. The summed E-state index contributed by atoms with van der Waals surface area (Å²) in [5, 5.41) is 18.4. The van der Waals surface area contributed by atoms with E-state index in [0.29, 0.717) is 11.4 Å². The van der Waals surface area contributed by atoms with E-state index in [1.54, 1.807) is 0 Å². The quantitative estimate of drug-likeness (QED) is 0.672. The topological polar surface area (TPSA) is 86.6 Å². The van der Waals surface area contributed by atoms with Gasteiger partial charge in [-0.3, -0.25) is 4.79 Å². The summed E-state index contributed by atoms with van der Waals surface area (Å²) in [5.74, 6) is -0.384. The van der Waals surface area contributed by atoms with E-state index in [1.807, 2.05) is 66.7 Å². The van der Waals surface area contributed by atoms with Crippen molar-refractivity contribution in [3.63, 3.8) is 0 Å². The zero-order valence-corrected chi connectivity index (χ0v) is 14.8. The van der Waals surface area contributed by atoms with Crippen LogP contribution in [-0.2, 0) is 0 Å². The Labute approximate surface area is 157 Å². The Kier molecular flexibility index (Phi) is 6.25. The van der Waals surface area contributed by atoms with Crippen LogP contribution in [0.3, 0.4) is 0 Å². The van der Waals surface area contributed by atoms with Crippen LogP contribution in [0.5, 0.6) is 0 Å².